The van der Waals surface area contributed by atoms with Crippen molar-refractivity contribution in [2.45, 2.75) is 46.1 Å². The molecule has 0 heterocycles. The van der Waals surface area contributed by atoms with Crippen LogP contribution in [0.25, 0.3) is 0 Å². The van der Waals surface area contributed by atoms with Crippen LogP contribution in [-0.4, -0.2) is 17.9 Å². The first-order valence-electron chi connectivity index (χ1n) is 7.27. The van der Waals surface area contributed by atoms with Gasteiger partial charge in [0.05, 0.1) is 0 Å². The van der Waals surface area contributed by atoms with Gasteiger partial charge in [0.25, 0.3) is 0 Å². The second kappa shape index (κ2) is 6.18. The van der Waals surface area contributed by atoms with E-state index in [1.54, 1.807) is 0 Å². The molecule has 1 fully saturated rings. The van der Waals surface area contributed by atoms with E-state index in [0.29, 0.717) is 18.5 Å². The third-order valence-electron chi connectivity index (χ3n) is 4.04. The summed E-state index contributed by atoms with van der Waals surface area (Å²) in [4.78, 5) is 24.7. The molecule has 1 aromatic rings. The Morgan fingerprint density at radius 1 is 1.33 bits per heavy atom. The minimum atomic E-state index is -0.874. The van der Waals surface area contributed by atoms with Crippen LogP contribution in [0.3, 0.4) is 0 Å². The maximum Gasteiger partial charge on any atom is 0.240 e. The molecule has 2 rings (SSSR count). The number of carbonyl (C=O) groups is 2. The lowest BCUT2D eigenvalue weighted by Gasteiger charge is -2.18. The number of aryl methyl sites for hydroxylation is 1. The SMILES string of the molecule is CCC(C)NC(=O)C1(C(=O)Nc2ccc(C)c(Br)c2)CC1. The molecule has 0 aliphatic heterocycles. The maximum absolute atomic E-state index is 12.4. The standard InChI is InChI=1S/C16H21BrN2O2/c1-4-11(3)18-14(20)16(7-8-16)15(21)19-12-6-5-10(2)13(17)9-12/h5-6,9,11H,4,7-8H2,1-3H3,(H,18,20)(H,19,21). The molecule has 114 valence electrons. The van der Waals surface area contributed by atoms with Crippen LogP contribution in [0, 0.1) is 12.3 Å². The van der Waals surface area contributed by atoms with Crippen molar-refractivity contribution in [3.05, 3.63) is 28.2 Å². The van der Waals surface area contributed by atoms with E-state index in [1.807, 2.05) is 39.0 Å². The summed E-state index contributed by atoms with van der Waals surface area (Å²) in [5.41, 5.74) is 0.935. The molecule has 1 aliphatic rings. The molecule has 1 saturated carbocycles. The van der Waals surface area contributed by atoms with Gasteiger partial charge < -0.3 is 10.6 Å². The van der Waals surface area contributed by atoms with Crippen molar-refractivity contribution in [2.24, 2.45) is 5.41 Å². The monoisotopic (exact) mass is 352 g/mol. The Labute approximate surface area is 133 Å². The molecule has 4 nitrogen and oxygen atoms in total. The van der Waals surface area contributed by atoms with Crippen LogP contribution in [0.15, 0.2) is 22.7 Å². The zero-order chi connectivity index (χ0) is 15.6. The molecule has 2 amide bonds. The summed E-state index contributed by atoms with van der Waals surface area (Å²) >= 11 is 3.44. The van der Waals surface area contributed by atoms with Gasteiger partial charge in [-0.05, 0) is 50.8 Å². The Morgan fingerprint density at radius 2 is 2.00 bits per heavy atom. The summed E-state index contributed by atoms with van der Waals surface area (Å²) < 4.78 is 0.939. The number of anilines is 1. The molecule has 1 aliphatic carbocycles. The maximum atomic E-state index is 12.4. The van der Waals surface area contributed by atoms with E-state index in [1.165, 1.54) is 0 Å². The molecule has 21 heavy (non-hydrogen) atoms. The van der Waals surface area contributed by atoms with Gasteiger partial charge in [0.15, 0.2) is 0 Å². The molecular weight excluding hydrogens is 332 g/mol. The molecule has 0 radical (unpaired) electrons. The summed E-state index contributed by atoms with van der Waals surface area (Å²) in [6.45, 7) is 5.94. The van der Waals surface area contributed by atoms with E-state index in [0.717, 1.165) is 16.5 Å². The Kier molecular flexibility index (Phi) is 4.71. The van der Waals surface area contributed by atoms with Crippen LogP contribution >= 0.6 is 15.9 Å². The highest BCUT2D eigenvalue weighted by atomic mass is 79.9. The van der Waals surface area contributed by atoms with Gasteiger partial charge in [0.2, 0.25) is 11.8 Å². The zero-order valence-electron chi connectivity index (χ0n) is 12.6. The average molecular weight is 353 g/mol. The van der Waals surface area contributed by atoms with Crippen LogP contribution in [0.5, 0.6) is 0 Å². The number of halogens is 1. The Hall–Kier alpha value is -1.36. The summed E-state index contributed by atoms with van der Waals surface area (Å²) in [5.74, 6) is -0.361. The lowest BCUT2D eigenvalue weighted by atomic mass is 10.0. The number of hydrogen-bond donors (Lipinski definition) is 2. The fourth-order valence-corrected chi connectivity index (χ4v) is 2.45. The molecule has 1 aromatic carbocycles. The number of rotatable bonds is 5. The van der Waals surface area contributed by atoms with Crippen LogP contribution in [0.2, 0.25) is 0 Å². The molecule has 0 bridgehead atoms. The second-order valence-electron chi connectivity index (χ2n) is 5.78. The van der Waals surface area contributed by atoms with Gasteiger partial charge >= 0.3 is 0 Å². The van der Waals surface area contributed by atoms with Crippen molar-refractivity contribution in [3.63, 3.8) is 0 Å². The Morgan fingerprint density at radius 3 is 2.52 bits per heavy atom. The predicted molar refractivity (Wildman–Crippen MR) is 87.1 cm³/mol. The van der Waals surface area contributed by atoms with Crippen molar-refractivity contribution < 1.29 is 9.59 Å². The van der Waals surface area contributed by atoms with Gasteiger partial charge in [0, 0.05) is 16.2 Å². The molecule has 0 aromatic heterocycles. The number of hydrogen-bond acceptors (Lipinski definition) is 2. The predicted octanol–water partition coefficient (Wildman–Crippen LogP) is 3.39. The Balaban J connectivity index is 2.05. The van der Waals surface area contributed by atoms with Crippen molar-refractivity contribution in [3.8, 4) is 0 Å². The van der Waals surface area contributed by atoms with Crippen LogP contribution in [0.1, 0.15) is 38.7 Å². The number of nitrogens with one attached hydrogen (secondary N) is 2. The lowest BCUT2D eigenvalue weighted by Crippen LogP contribution is -2.43. The smallest absolute Gasteiger partial charge is 0.240 e. The molecule has 0 spiro atoms. The van der Waals surface area contributed by atoms with Gasteiger partial charge in [-0.25, -0.2) is 0 Å². The summed E-state index contributed by atoms with van der Waals surface area (Å²) in [7, 11) is 0. The molecular formula is C16H21BrN2O2. The fourth-order valence-electron chi connectivity index (χ4n) is 2.07. The zero-order valence-corrected chi connectivity index (χ0v) is 14.2. The van der Waals surface area contributed by atoms with Crippen molar-refractivity contribution in [2.75, 3.05) is 5.32 Å². The van der Waals surface area contributed by atoms with Crippen molar-refractivity contribution in [1.29, 1.82) is 0 Å². The van der Waals surface area contributed by atoms with E-state index in [4.69, 9.17) is 0 Å². The van der Waals surface area contributed by atoms with Gasteiger partial charge in [-0.15, -0.1) is 0 Å². The van der Waals surface area contributed by atoms with E-state index in [9.17, 15) is 9.59 Å². The quantitative estimate of drug-likeness (QED) is 0.798. The summed E-state index contributed by atoms with van der Waals surface area (Å²) in [6.07, 6.45) is 2.09. The minimum absolute atomic E-state index is 0.0938. The van der Waals surface area contributed by atoms with Gasteiger partial charge in [-0.1, -0.05) is 28.9 Å². The molecule has 5 heteroatoms. The second-order valence-corrected chi connectivity index (χ2v) is 6.64. The van der Waals surface area contributed by atoms with Crippen LogP contribution < -0.4 is 10.6 Å². The Bertz CT molecular complexity index is 567. The van der Waals surface area contributed by atoms with E-state index >= 15 is 0 Å². The first-order chi connectivity index (χ1) is 9.89. The first-order valence-corrected chi connectivity index (χ1v) is 8.07. The summed E-state index contributed by atoms with van der Waals surface area (Å²) in [6, 6.07) is 5.73. The average Bonchev–Trinajstić information content (AvgIpc) is 3.24. The first kappa shape index (κ1) is 16.0. The largest absolute Gasteiger partial charge is 0.353 e. The fraction of sp³-hybridized carbons (Fsp3) is 0.500. The molecule has 2 N–H and O–H groups in total. The van der Waals surface area contributed by atoms with E-state index in [-0.39, 0.29) is 17.9 Å². The number of carbonyl (C=O) groups excluding carboxylic acids is 2. The van der Waals surface area contributed by atoms with Crippen LogP contribution in [-0.2, 0) is 9.59 Å². The normalized spacial score (nSPS) is 17.0. The highest BCUT2D eigenvalue weighted by Crippen LogP contribution is 2.47. The third-order valence-corrected chi connectivity index (χ3v) is 4.89. The topological polar surface area (TPSA) is 58.2 Å². The summed E-state index contributed by atoms with van der Waals surface area (Å²) in [5, 5.41) is 5.77. The van der Waals surface area contributed by atoms with Crippen molar-refractivity contribution in [1.82, 2.24) is 5.32 Å². The van der Waals surface area contributed by atoms with Crippen molar-refractivity contribution >= 4 is 33.4 Å². The van der Waals surface area contributed by atoms with Gasteiger partial charge in [0.1, 0.15) is 5.41 Å². The minimum Gasteiger partial charge on any atom is -0.353 e. The highest BCUT2D eigenvalue weighted by Gasteiger charge is 2.56. The molecule has 1 unspecified atom stereocenters. The highest BCUT2D eigenvalue weighted by molar-refractivity contribution is 9.10. The van der Waals surface area contributed by atoms with Gasteiger partial charge in [-0.2, -0.15) is 0 Å². The van der Waals surface area contributed by atoms with Gasteiger partial charge in [-0.3, -0.25) is 9.59 Å². The number of benzene rings is 1. The third kappa shape index (κ3) is 3.46. The van der Waals surface area contributed by atoms with E-state index in [2.05, 4.69) is 26.6 Å². The molecule has 1 atom stereocenters. The molecule has 0 saturated heterocycles. The van der Waals surface area contributed by atoms with Crippen LogP contribution in [0.4, 0.5) is 5.69 Å². The number of amides is 2. The van der Waals surface area contributed by atoms with E-state index < -0.39 is 5.41 Å². The lowest BCUT2D eigenvalue weighted by molar-refractivity contribution is -0.134.